The first-order valence-corrected chi connectivity index (χ1v) is 6.35. The van der Waals surface area contributed by atoms with Crippen molar-refractivity contribution in [3.63, 3.8) is 0 Å². The van der Waals surface area contributed by atoms with Crippen LogP contribution in [0.15, 0.2) is 12.1 Å². The lowest BCUT2D eigenvalue weighted by molar-refractivity contribution is 0.00578. The first kappa shape index (κ1) is 13.8. The summed E-state index contributed by atoms with van der Waals surface area (Å²) in [6, 6.07) is 3.70. The molecule has 4 nitrogen and oxygen atoms in total. The van der Waals surface area contributed by atoms with Crippen molar-refractivity contribution < 1.29 is 9.31 Å². The van der Waals surface area contributed by atoms with Gasteiger partial charge in [-0.15, -0.1) is 0 Å². The molecule has 0 aliphatic carbocycles. The second kappa shape index (κ2) is 4.49. The molecule has 1 saturated heterocycles. The highest BCUT2D eigenvalue weighted by atomic mass is 35.5. The minimum atomic E-state index is -0.484. The minimum absolute atomic E-state index is 0.364. The van der Waals surface area contributed by atoms with Gasteiger partial charge in [0.05, 0.1) is 16.9 Å². The van der Waals surface area contributed by atoms with Crippen LogP contribution in [-0.2, 0) is 15.9 Å². The number of hydrogen-bond donors (Lipinski definition) is 1. The molecule has 98 valence electrons. The lowest BCUT2D eigenvalue weighted by atomic mass is 9.80. The molecule has 2 heterocycles. The van der Waals surface area contributed by atoms with Crippen molar-refractivity contribution in [2.24, 2.45) is 5.73 Å². The molecule has 0 atom stereocenters. The normalized spacial score (nSPS) is 21.3. The van der Waals surface area contributed by atoms with Crippen LogP contribution in [0.5, 0.6) is 0 Å². The largest absolute Gasteiger partial charge is 0.498 e. The first-order valence-electron chi connectivity index (χ1n) is 5.98. The first-order chi connectivity index (χ1) is 8.27. The molecule has 0 spiro atoms. The van der Waals surface area contributed by atoms with Crippen LogP contribution in [0.1, 0.15) is 33.4 Å². The van der Waals surface area contributed by atoms with E-state index in [4.69, 9.17) is 26.6 Å². The van der Waals surface area contributed by atoms with Gasteiger partial charge >= 0.3 is 7.12 Å². The minimum Gasteiger partial charge on any atom is -0.399 e. The number of nitrogens with two attached hydrogens (primary N) is 1. The van der Waals surface area contributed by atoms with Gasteiger partial charge in [0, 0.05) is 12.0 Å². The SMILES string of the molecule is CC1(C)OB(c2ccc(CN)nc2Cl)OC1(C)C. The molecule has 18 heavy (non-hydrogen) atoms. The lowest BCUT2D eigenvalue weighted by Gasteiger charge is -2.32. The smallest absolute Gasteiger partial charge is 0.399 e. The average molecular weight is 269 g/mol. The van der Waals surface area contributed by atoms with E-state index in [1.54, 1.807) is 0 Å². The molecule has 1 aliphatic rings. The summed E-state index contributed by atoms with van der Waals surface area (Å²) < 4.78 is 11.9. The molecule has 0 saturated carbocycles. The number of rotatable bonds is 2. The van der Waals surface area contributed by atoms with E-state index in [0.29, 0.717) is 11.7 Å². The quantitative estimate of drug-likeness (QED) is 0.652. The van der Waals surface area contributed by atoms with E-state index in [0.717, 1.165) is 11.2 Å². The summed E-state index contributed by atoms with van der Waals surface area (Å²) in [5.41, 5.74) is 6.26. The number of halogens is 1. The maximum Gasteiger partial charge on any atom is 0.498 e. The molecule has 1 aliphatic heterocycles. The predicted molar refractivity (Wildman–Crippen MR) is 72.9 cm³/mol. The van der Waals surface area contributed by atoms with Crippen LogP contribution in [0.4, 0.5) is 0 Å². The third kappa shape index (κ3) is 2.28. The van der Waals surface area contributed by atoms with Crippen LogP contribution in [0, 0.1) is 0 Å². The van der Waals surface area contributed by atoms with Crippen molar-refractivity contribution in [3.8, 4) is 0 Å². The van der Waals surface area contributed by atoms with Crippen molar-refractivity contribution in [1.82, 2.24) is 4.98 Å². The standard InChI is InChI=1S/C12H18BClN2O2/c1-11(2)12(3,4)18-13(17-11)9-6-5-8(7-15)16-10(9)14/h5-6H,7,15H2,1-4H3. The third-order valence-electron chi connectivity index (χ3n) is 3.65. The zero-order valence-corrected chi connectivity index (χ0v) is 11.9. The molecular formula is C12H18BClN2O2. The number of pyridine rings is 1. The van der Waals surface area contributed by atoms with E-state index < -0.39 is 7.12 Å². The average Bonchev–Trinajstić information content (AvgIpc) is 2.47. The third-order valence-corrected chi connectivity index (χ3v) is 3.95. The van der Waals surface area contributed by atoms with Gasteiger partial charge in [-0.25, -0.2) is 4.98 Å². The van der Waals surface area contributed by atoms with Gasteiger partial charge in [-0.1, -0.05) is 17.7 Å². The maximum absolute atomic E-state index is 6.15. The number of aromatic nitrogens is 1. The molecular weight excluding hydrogens is 250 g/mol. The van der Waals surface area contributed by atoms with Gasteiger partial charge in [0.1, 0.15) is 5.15 Å². The molecule has 0 unspecified atom stereocenters. The Morgan fingerprint density at radius 2 is 1.78 bits per heavy atom. The molecule has 6 heteroatoms. The van der Waals surface area contributed by atoms with E-state index in [1.807, 2.05) is 39.8 Å². The Labute approximate surface area is 113 Å². The fourth-order valence-electron chi connectivity index (χ4n) is 1.74. The summed E-state index contributed by atoms with van der Waals surface area (Å²) in [6.07, 6.45) is 0. The Morgan fingerprint density at radius 3 is 2.22 bits per heavy atom. The van der Waals surface area contributed by atoms with E-state index in [1.165, 1.54) is 0 Å². The van der Waals surface area contributed by atoms with Gasteiger partial charge in [-0.2, -0.15) is 0 Å². The van der Waals surface area contributed by atoms with Crippen LogP contribution in [0.2, 0.25) is 5.15 Å². The van der Waals surface area contributed by atoms with Crippen LogP contribution < -0.4 is 11.2 Å². The predicted octanol–water partition coefficient (Wildman–Crippen LogP) is 1.49. The number of hydrogen-bond acceptors (Lipinski definition) is 4. The van der Waals surface area contributed by atoms with Gasteiger partial charge in [0.15, 0.2) is 0 Å². The van der Waals surface area contributed by atoms with Crippen LogP contribution in [-0.4, -0.2) is 23.3 Å². The van der Waals surface area contributed by atoms with Gasteiger partial charge in [0.2, 0.25) is 0 Å². The van der Waals surface area contributed by atoms with Gasteiger partial charge in [0.25, 0.3) is 0 Å². The highest BCUT2D eigenvalue weighted by molar-refractivity contribution is 6.65. The van der Waals surface area contributed by atoms with E-state index >= 15 is 0 Å². The highest BCUT2D eigenvalue weighted by Crippen LogP contribution is 2.36. The summed E-state index contributed by atoms with van der Waals surface area (Å²) in [7, 11) is -0.484. The highest BCUT2D eigenvalue weighted by Gasteiger charge is 2.52. The molecule has 0 aromatic carbocycles. The topological polar surface area (TPSA) is 57.4 Å². The van der Waals surface area contributed by atoms with Crippen LogP contribution in [0.3, 0.4) is 0 Å². The second-order valence-corrected chi connectivity index (χ2v) is 5.83. The molecule has 2 N–H and O–H groups in total. The summed E-state index contributed by atoms with van der Waals surface area (Å²) in [6.45, 7) is 8.37. The van der Waals surface area contributed by atoms with Gasteiger partial charge in [-0.05, 0) is 33.8 Å². The van der Waals surface area contributed by atoms with Crippen LogP contribution >= 0.6 is 11.6 Å². The van der Waals surface area contributed by atoms with E-state index in [-0.39, 0.29) is 11.2 Å². The van der Waals surface area contributed by atoms with Crippen molar-refractivity contribution >= 4 is 24.2 Å². The summed E-state index contributed by atoms with van der Waals surface area (Å²) in [5, 5.41) is 0.386. The van der Waals surface area contributed by atoms with Crippen molar-refractivity contribution in [3.05, 3.63) is 23.0 Å². The summed E-state index contributed by atoms with van der Waals surface area (Å²) in [5.74, 6) is 0. The molecule has 0 amide bonds. The Hall–Kier alpha value is -0.615. The Balaban J connectivity index is 2.30. The molecule has 1 aromatic heterocycles. The monoisotopic (exact) mass is 268 g/mol. The fraction of sp³-hybridized carbons (Fsp3) is 0.583. The molecule has 1 aromatic rings. The van der Waals surface area contributed by atoms with E-state index in [2.05, 4.69) is 4.98 Å². The zero-order chi connectivity index (χ0) is 13.6. The lowest BCUT2D eigenvalue weighted by Crippen LogP contribution is -2.41. The Morgan fingerprint density at radius 1 is 1.22 bits per heavy atom. The zero-order valence-electron chi connectivity index (χ0n) is 11.2. The maximum atomic E-state index is 6.15. The molecule has 2 rings (SSSR count). The summed E-state index contributed by atoms with van der Waals surface area (Å²) in [4.78, 5) is 4.21. The summed E-state index contributed by atoms with van der Waals surface area (Å²) >= 11 is 6.15. The molecule has 1 fully saturated rings. The Bertz CT molecular complexity index is 449. The van der Waals surface area contributed by atoms with Crippen molar-refractivity contribution in [2.45, 2.75) is 45.4 Å². The fourth-order valence-corrected chi connectivity index (χ4v) is 2.00. The Kier molecular flexibility index (Phi) is 3.45. The second-order valence-electron chi connectivity index (χ2n) is 5.48. The van der Waals surface area contributed by atoms with E-state index in [9.17, 15) is 0 Å². The van der Waals surface area contributed by atoms with Gasteiger partial charge in [-0.3, -0.25) is 0 Å². The molecule has 0 bridgehead atoms. The van der Waals surface area contributed by atoms with Crippen molar-refractivity contribution in [2.75, 3.05) is 0 Å². The van der Waals surface area contributed by atoms with Gasteiger partial charge < -0.3 is 15.0 Å². The van der Waals surface area contributed by atoms with Crippen LogP contribution in [0.25, 0.3) is 0 Å². The molecule has 0 radical (unpaired) electrons. The number of nitrogens with zero attached hydrogens (tertiary/aromatic N) is 1. The van der Waals surface area contributed by atoms with Crippen molar-refractivity contribution in [1.29, 1.82) is 0 Å².